The smallest absolute Gasteiger partial charge is 0.328 e. The normalized spacial score (nSPS) is 14.3. The molecule has 0 aliphatic carbocycles. The fraction of sp³-hybridized carbons (Fsp3) is 0.417. The van der Waals surface area contributed by atoms with Crippen molar-refractivity contribution in [3.63, 3.8) is 0 Å². The van der Waals surface area contributed by atoms with Crippen LogP contribution in [-0.2, 0) is 15.1 Å². The molecule has 94 valence electrons. The molecular formula is C12H16FNO3. The van der Waals surface area contributed by atoms with Gasteiger partial charge in [-0.1, -0.05) is 18.2 Å². The Morgan fingerprint density at radius 3 is 2.71 bits per heavy atom. The molecule has 0 spiro atoms. The SMILES string of the molecule is COCCNC(C)(C(=O)O)c1ccccc1F. The number of rotatable bonds is 6. The van der Waals surface area contributed by atoms with Gasteiger partial charge in [0.2, 0.25) is 0 Å². The fourth-order valence-corrected chi connectivity index (χ4v) is 1.56. The molecule has 0 aliphatic rings. The predicted molar refractivity (Wildman–Crippen MR) is 61.3 cm³/mol. The third kappa shape index (κ3) is 3.01. The Labute approximate surface area is 99.4 Å². The van der Waals surface area contributed by atoms with Crippen LogP contribution in [0.3, 0.4) is 0 Å². The Morgan fingerprint density at radius 1 is 1.53 bits per heavy atom. The molecule has 0 saturated carbocycles. The molecule has 0 amide bonds. The van der Waals surface area contributed by atoms with Crippen LogP contribution in [0.15, 0.2) is 24.3 Å². The Bertz CT molecular complexity index is 397. The highest BCUT2D eigenvalue weighted by Crippen LogP contribution is 2.23. The minimum absolute atomic E-state index is 0.114. The molecule has 17 heavy (non-hydrogen) atoms. The van der Waals surface area contributed by atoms with Crippen molar-refractivity contribution in [3.05, 3.63) is 35.6 Å². The molecule has 1 atom stereocenters. The largest absolute Gasteiger partial charge is 0.480 e. The molecule has 0 aromatic heterocycles. The van der Waals surface area contributed by atoms with Crippen molar-refractivity contribution in [2.24, 2.45) is 0 Å². The predicted octanol–water partition coefficient (Wildman–Crippen LogP) is 1.36. The third-order valence-corrected chi connectivity index (χ3v) is 2.63. The molecule has 0 saturated heterocycles. The maximum atomic E-state index is 13.6. The van der Waals surface area contributed by atoms with Gasteiger partial charge < -0.3 is 9.84 Å². The van der Waals surface area contributed by atoms with Gasteiger partial charge in [0.05, 0.1) is 6.61 Å². The van der Waals surface area contributed by atoms with E-state index in [-0.39, 0.29) is 5.56 Å². The minimum Gasteiger partial charge on any atom is -0.480 e. The highest BCUT2D eigenvalue weighted by molar-refractivity contribution is 5.80. The number of ether oxygens (including phenoxy) is 1. The minimum atomic E-state index is -1.45. The second-order valence-electron chi connectivity index (χ2n) is 3.83. The molecule has 1 rings (SSSR count). The molecular weight excluding hydrogens is 225 g/mol. The summed E-state index contributed by atoms with van der Waals surface area (Å²) in [6.45, 7) is 2.12. The Kier molecular flexibility index (Phi) is 4.60. The van der Waals surface area contributed by atoms with Gasteiger partial charge in [0, 0.05) is 19.2 Å². The van der Waals surface area contributed by atoms with Gasteiger partial charge in [-0.3, -0.25) is 5.32 Å². The van der Waals surface area contributed by atoms with Crippen molar-refractivity contribution in [3.8, 4) is 0 Å². The molecule has 0 heterocycles. The Hall–Kier alpha value is -1.46. The van der Waals surface area contributed by atoms with Crippen LogP contribution in [0.2, 0.25) is 0 Å². The second-order valence-corrected chi connectivity index (χ2v) is 3.83. The van der Waals surface area contributed by atoms with E-state index in [0.29, 0.717) is 13.2 Å². The van der Waals surface area contributed by atoms with E-state index in [1.165, 1.54) is 32.2 Å². The molecule has 1 aromatic carbocycles. The van der Waals surface area contributed by atoms with Gasteiger partial charge in [0.25, 0.3) is 0 Å². The van der Waals surface area contributed by atoms with Gasteiger partial charge in [-0.05, 0) is 13.0 Å². The topological polar surface area (TPSA) is 58.6 Å². The summed E-state index contributed by atoms with van der Waals surface area (Å²) >= 11 is 0. The van der Waals surface area contributed by atoms with Crippen LogP contribution >= 0.6 is 0 Å². The van der Waals surface area contributed by atoms with Crippen LogP contribution in [0, 0.1) is 5.82 Å². The van der Waals surface area contributed by atoms with E-state index in [9.17, 15) is 14.3 Å². The maximum Gasteiger partial charge on any atom is 0.328 e. The Balaban J connectivity index is 2.99. The molecule has 0 fully saturated rings. The lowest BCUT2D eigenvalue weighted by atomic mass is 9.91. The van der Waals surface area contributed by atoms with Crippen molar-refractivity contribution >= 4 is 5.97 Å². The van der Waals surface area contributed by atoms with E-state index >= 15 is 0 Å². The zero-order chi connectivity index (χ0) is 12.9. The maximum absolute atomic E-state index is 13.6. The van der Waals surface area contributed by atoms with Crippen LogP contribution in [0.25, 0.3) is 0 Å². The third-order valence-electron chi connectivity index (χ3n) is 2.63. The zero-order valence-corrected chi connectivity index (χ0v) is 9.87. The molecule has 1 unspecified atom stereocenters. The van der Waals surface area contributed by atoms with E-state index in [4.69, 9.17) is 4.74 Å². The number of carboxylic acids is 1. The van der Waals surface area contributed by atoms with Gasteiger partial charge in [-0.25, -0.2) is 9.18 Å². The molecule has 4 nitrogen and oxygen atoms in total. The number of hydrogen-bond acceptors (Lipinski definition) is 3. The van der Waals surface area contributed by atoms with Gasteiger partial charge in [0.1, 0.15) is 11.4 Å². The van der Waals surface area contributed by atoms with Crippen molar-refractivity contribution < 1.29 is 19.0 Å². The first-order chi connectivity index (χ1) is 8.02. The molecule has 1 aromatic rings. The number of methoxy groups -OCH3 is 1. The summed E-state index contributed by atoms with van der Waals surface area (Å²) in [5.41, 5.74) is -1.34. The van der Waals surface area contributed by atoms with Crippen molar-refractivity contribution in [2.45, 2.75) is 12.5 Å². The Morgan fingerprint density at radius 2 is 2.18 bits per heavy atom. The van der Waals surface area contributed by atoms with Crippen molar-refractivity contribution in [2.75, 3.05) is 20.3 Å². The van der Waals surface area contributed by atoms with Gasteiger partial charge in [0.15, 0.2) is 0 Å². The standard InChI is InChI=1S/C12H16FNO3/c1-12(11(15)16,14-7-8-17-2)9-5-3-4-6-10(9)13/h3-6,14H,7-8H2,1-2H3,(H,15,16). The van der Waals surface area contributed by atoms with Gasteiger partial charge >= 0.3 is 5.97 Å². The summed E-state index contributed by atoms with van der Waals surface area (Å²) in [5.74, 6) is -1.67. The van der Waals surface area contributed by atoms with E-state index in [1.807, 2.05) is 0 Å². The number of carbonyl (C=O) groups is 1. The number of aliphatic carboxylic acids is 1. The molecule has 0 aliphatic heterocycles. The van der Waals surface area contributed by atoms with Crippen LogP contribution in [0.5, 0.6) is 0 Å². The van der Waals surface area contributed by atoms with Crippen LogP contribution in [0.1, 0.15) is 12.5 Å². The van der Waals surface area contributed by atoms with Crippen LogP contribution < -0.4 is 5.32 Å². The summed E-state index contributed by atoms with van der Waals surface area (Å²) in [7, 11) is 1.52. The van der Waals surface area contributed by atoms with E-state index < -0.39 is 17.3 Å². The zero-order valence-electron chi connectivity index (χ0n) is 9.87. The monoisotopic (exact) mass is 241 g/mol. The lowest BCUT2D eigenvalue weighted by Crippen LogP contribution is -2.48. The number of nitrogens with one attached hydrogen (secondary N) is 1. The van der Waals surface area contributed by atoms with Crippen LogP contribution in [-0.4, -0.2) is 31.3 Å². The number of halogens is 1. The quantitative estimate of drug-likeness (QED) is 0.738. The summed E-state index contributed by atoms with van der Waals surface area (Å²) in [4.78, 5) is 11.3. The molecule has 0 radical (unpaired) electrons. The highest BCUT2D eigenvalue weighted by atomic mass is 19.1. The summed E-state index contributed by atoms with van der Waals surface area (Å²) in [6.07, 6.45) is 0. The lowest BCUT2D eigenvalue weighted by molar-refractivity contribution is -0.144. The van der Waals surface area contributed by atoms with Crippen molar-refractivity contribution in [1.82, 2.24) is 5.32 Å². The first-order valence-corrected chi connectivity index (χ1v) is 5.24. The van der Waals surface area contributed by atoms with E-state index in [2.05, 4.69) is 5.32 Å². The average Bonchev–Trinajstić information content (AvgIpc) is 2.29. The summed E-state index contributed by atoms with van der Waals surface area (Å²) < 4.78 is 18.5. The van der Waals surface area contributed by atoms with E-state index in [1.54, 1.807) is 6.07 Å². The van der Waals surface area contributed by atoms with Crippen molar-refractivity contribution in [1.29, 1.82) is 0 Å². The number of benzene rings is 1. The molecule has 0 bridgehead atoms. The van der Waals surface area contributed by atoms with Gasteiger partial charge in [-0.2, -0.15) is 0 Å². The highest BCUT2D eigenvalue weighted by Gasteiger charge is 2.36. The number of hydrogen-bond donors (Lipinski definition) is 2. The first-order valence-electron chi connectivity index (χ1n) is 5.24. The summed E-state index contributed by atoms with van der Waals surface area (Å²) in [6, 6.07) is 5.84. The number of carboxylic acid groups (broad SMARTS) is 1. The van der Waals surface area contributed by atoms with Gasteiger partial charge in [-0.15, -0.1) is 0 Å². The fourth-order valence-electron chi connectivity index (χ4n) is 1.56. The second kappa shape index (κ2) is 5.75. The summed E-state index contributed by atoms with van der Waals surface area (Å²) in [5, 5.41) is 12.0. The molecule has 2 N–H and O–H groups in total. The first kappa shape index (κ1) is 13.6. The van der Waals surface area contributed by atoms with Crippen LogP contribution in [0.4, 0.5) is 4.39 Å². The van der Waals surface area contributed by atoms with E-state index in [0.717, 1.165) is 0 Å². The lowest BCUT2D eigenvalue weighted by Gasteiger charge is -2.27. The average molecular weight is 241 g/mol. The molecule has 5 heteroatoms.